The molecule has 0 saturated heterocycles. The van der Waals surface area contributed by atoms with Crippen molar-refractivity contribution in [2.24, 2.45) is 5.73 Å². The maximum absolute atomic E-state index is 14.2. The number of hydrogen-bond donors (Lipinski definition) is 1. The fourth-order valence-electron chi connectivity index (χ4n) is 2.12. The van der Waals surface area contributed by atoms with E-state index in [-0.39, 0.29) is 23.5 Å². The molecule has 1 atom stereocenters. The largest absolute Gasteiger partial charge is 0.343 e. The fraction of sp³-hybridized carbons (Fsp3) is 0.333. The molecule has 0 aliphatic carbocycles. The second kappa shape index (κ2) is 6.05. The van der Waals surface area contributed by atoms with Gasteiger partial charge in [-0.05, 0) is 31.0 Å². The molecule has 1 aromatic carbocycles. The van der Waals surface area contributed by atoms with Crippen LogP contribution in [0.5, 0.6) is 0 Å². The minimum atomic E-state index is -0.389. The lowest BCUT2D eigenvalue weighted by molar-refractivity contribution is 0.0821. The van der Waals surface area contributed by atoms with E-state index >= 15 is 0 Å². The molecule has 2 rings (SSSR count). The highest BCUT2D eigenvalue weighted by Gasteiger charge is 2.16. The SMILES string of the molecule is CC(N)Cc1cccc(F)c1-n1ccc(C(=O)N(C)C)n1. The summed E-state index contributed by atoms with van der Waals surface area (Å²) in [5.74, 6) is -0.612. The topological polar surface area (TPSA) is 64.2 Å². The van der Waals surface area contributed by atoms with Crippen molar-refractivity contribution in [1.29, 1.82) is 0 Å². The zero-order chi connectivity index (χ0) is 15.6. The Morgan fingerprint density at radius 1 is 1.43 bits per heavy atom. The van der Waals surface area contributed by atoms with Crippen LogP contribution in [-0.4, -0.2) is 40.7 Å². The van der Waals surface area contributed by atoms with E-state index in [4.69, 9.17) is 5.73 Å². The van der Waals surface area contributed by atoms with Gasteiger partial charge in [0.1, 0.15) is 11.5 Å². The van der Waals surface area contributed by atoms with Crippen molar-refractivity contribution in [1.82, 2.24) is 14.7 Å². The summed E-state index contributed by atoms with van der Waals surface area (Å²) >= 11 is 0. The van der Waals surface area contributed by atoms with E-state index in [9.17, 15) is 9.18 Å². The number of benzene rings is 1. The maximum atomic E-state index is 14.2. The standard InChI is InChI=1S/C15H19FN4O/c1-10(17)9-11-5-4-6-12(16)14(11)20-8-7-13(18-20)15(21)19(2)3/h4-8,10H,9,17H2,1-3H3. The average molecular weight is 290 g/mol. The van der Waals surface area contributed by atoms with Gasteiger partial charge in [0.15, 0.2) is 5.69 Å². The molecule has 1 heterocycles. The van der Waals surface area contributed by atoms with Gasteiger partial charge in [0.05, 0.1) is 0 Å². The van der Waals surface area contributed by atoms with Crippen molar-refractivity contribution in [2.45, 2.75) is 19.4 Å². The summed E-state index contributed by atoms with van der Waals surface area (Å²) in [5, 5.41) is 4.18. The highest BCUT2D eigenvalue weighted by atomic mass is 19.1. The van der Waals surface area contributed by atoms with Gasteiger partial charge < -0.3 is 10.6 Å². The van der Waals surface area contributed by atoms with Crippen LogP contribution in [0.4, 0.5) is 4.39 Å². The third-order valence-corrected chi connectivity index (χ3v) is 3.06. The number of carbonyl (C=O) groups is 1. The molecule has 2 aromatic rings. The van der Waals surface area contributed by atoms with E-state index in [1.807, 2.05) is 13.0 Å². The van der Waals surface area contributed by atoms with E-state index in [1.165, 1.54) is 15.6 Å². The fourth-order valence-corrected chi connectivity index (χ4v) is 2.12. The Kier molecular flexibility index (Phi) is 4.37. The van der Waals surface area contributed by atoms with Crippen LogP contribution in [0.15, 0.2) is 30.5 Å². The van der Waals surface area contributed by atoms with Crippen molar-refractivity contribution < 1.29 is 9.18 Å². The Hall–Kier alpha value is -2.21. The Morgan fingerprint density at radius 2 is 2.14 bits per heavy atom. The van der Waals surface area contributed by atoms with Gasteiger partial charge in [0.25, 0.3) is 5.91 Å². The molecule has 0 spiro atoms. The first kappa shape index (κ1) is 15.2. The number of amides is 1. The molecular weight excluding hydrogens is 271 g/mol. The van der Waals surface area contributed by atoms with Gasteiger partial charge in [-0.1, -0.05) is 12.1 Å². The third-order valence-electron chi connectivity index (χ3n) is 3.06. The quantitative estimate of drug-likeness (QED) is 0.930. The van der Waals surface area contributed by atoms with Crippen molar-refractivity contribution in [3.8, 4) is 5.69 Å². The Bertz CT molecular complexity index is 649. The molecule has 0 fully saturated rings. The van der Waals surface area contributed by atoms with Crippen LogP contribution in [0.1, 0.15) is 23.0 Å². The van der Waals surface area contributed by atoms with Gasteiger partial charge in [-0.25, -0.2) is 9.07 Å². The van der Waals surface area contributed by atoms with Crippen LogP contribution >= 0.6 is 0 Å². The minimum Gasteiger partial charge on any atom is -0.343 e. The molecule has 0 aliphatic heterocycles. The lowest BCUT2D eigenvalue weighted by Crippen LogP contribution is -2.22. The first-order valence-corrected chi connectivity index (χ1v) is 6.71. The Morgan fingerprint density at radius 3 is 2.76 bits per heavy atom. The highest BCUT2D eigenvalue weighted by Crippen LogP contribution is 2.20. The number of carbonyl (C=O) groups excluding carboxylic acids is 1. The van der Waals surface area contributed by atoms with E-state index in [2.05, 4.69) is 5.10 Å². The van der Waals surface area contributed by atoms with Crippen molar-refractivity contribution in [3.63, 3.8) is 0 Å². The molecule has 1 aromatic heterocycles. The zero-order valence-corrected chi connectivity index (χ0v) is 12.4. The first-order chi connectivity index (χ1) is 9.90. The molecular formula is C15H19FN4O. The van der Waals surface area contributed by atoms with Gasteiger partial charge in [0, 0.05) is 26.3 Å². The molecule has 5 nitrogen and oxygen atoms in total. The molecule has 0 aliphatic rings. The smallest absolute Gasteiger partial charge is 0.273 e. The van der Waals surface area contributed by atoms with Crippen LogP contribution in [0, 0.1) is 5.82 Å². The van der Waals surface area contributed by atoms with Crippen molar-refractivity contribution >= 4 is 5.91 Å². The van der Waals surface area contributed by atoms with Crippen LogP contribution in [0.2, 0.25) is 0 Å². The normalized spacial score (nSPS) is 12.2. The predicted molar refractivity (Wildman–Crippen MR) is 78.9 cm³/mol. The van der Waals surface area contributed by atoms with E-state index in [0.29, 0.717) is 12.1 Å². The highest BCUT2D eigenvalue weighted by molar-refractivity contribution is 5.91. The van der Waals surface area contributed by atoms with Gasteiger partial charge in [-0.3, -0.25) is 4.79 Å². The van der Waals surface area contributed by atoms with Crippen LogP contribution < -0.4 is 5.73 Å². The van der Waals surface area contributed by atoms with Crippen LogP contribution in [0.25, 0.3) is 5.69 Å². The first-order valence-electron chi connectivity index (χ1n) is 6.71. The molecule has 0 radical (unpaired) electrons. The number of para-hydroxylation sites is 1. The molecule has 1 amide bonds. The van der Waals surface area contributed by atoms with Crippen LogP contribution in [-0.2, 0) is 6.42 Å². The lowest BCUT2D eigenvalue weighted by atomic mass is 10.1. The summed E-state index contributed by atoms with van der Waals surface area (Å²) in [6.07, 6.45) is 2.11. The second-order valence-electron chi connectivity index (χ2n) is 5.27. The molecule has 1 unspecified atom stereocenters. The monoisotopic (exact) mass is 290 g/mol. The maximum Gasteiger partial charge on any atom is 0.273 e. The third kappa shape index (κ3) is 3.28. The second-order valence-corrected chi connectivity index (χ2v) is 5.27. The van der Waals surface area contributed by atoms with Gasteiger partial charge in [0.2, 0.25) is 0 Å². The Balaban J connectivity index is 2.45. The number of nitrogens with two attached hydrogens (primary N) is 1. The van der Waals surface area contributed by atoms with Crippen molar-refractivity contribution in [3.05, 3.63) is 47.5 Å². The molecule has 0 bridgehead atoms. The number of hydrogen-bond acceptors (Lipinski definition) is 3. The molecule has 2 N–H and O–H groups in total. The van der Waals surface area contributed by atoms with Gasteiger partial charge >= 0.3 is 0 Å². The molecule has 6 heteroatoms. The average Bonchev–Trinajstić information content (AvgIpc) is 2.86. The summed E-state index contributed by atoms with van der Waals surface area (Å²) in [6, 6.07) is 6.31. The van der Waals surface area contributed by atoms with Crippen molar-refractivity contribution in [2.75, 3.05) is 14.1 Å². The predicted octanol–water partition coefficient (Wildman–Crippen LogP) is 1.60. The number of nitrogens with zero attached hydrogens (tertiary/aromatic N) is 3. The van der Waals surface area contributed by atoms with E-state index in [1.54, 1.807) is 32.4 Å². The summed E-state index contributed by atoms with van der Waals surface area (Å²) in [6.45, 7) is 1.86. The van der Waals surface area contributed by atoms with Gasteiger partial charge in [-0.2, -0.15) is 5.10 Å². The number of rotatable bonds is 4. The molecule has 0 saturated carbocycles. The van der Waals surface area contributed by atoms with E-state index in [0.717, 1.165) is 5.56 Å². The van der Waals surface area contributed by atoms with Crippen LogP contribution in [0.3, 0.4) is 0 Å². The lowest BCUT2D eigenvalue weighted by Gasteiger charge is -2.12. The molecule has 21 heavy (non-hydrogen) atoms. The summed E-state index contributed by atoms with van der Waals surface area (Å²) in [4.78, 5) is 13.3. The Labute approximate surface area is 123 Å². The zero-order valence-electron chi connectivity index (χ0n) is 12.4. The summed E-state index contributed by atoms with van der Waals surface area (Å²) < 4.78 is 15.6. The van der Waals surface area contributed by atoms with Gasteiger partial charge in [-0.15, -0.1) is 0 Å². The summed E-state index contributed by atoms with van der Waals surface area (Å²) in [7, 11) is 3.29. The summed E-state index contributed by atoms with van der Waals surface area (Å²) in [5.41, 5.74) is 7.18. The minimum absolute atomic E-state index is 0.0935. The number of aromatic nitrogens is 2. The van der Waals surface area contributed by atoms with E-state index < -0.39 is 0 Å². The molecule has 112 valence electrons. The number of halogens is 1.